The second kappa shape index (κ2) is 12.1. The Morgan fingerprint density at radius 2 is 0.845 bits per heavy atom. The standard InChI is InChI=1S/C54H32N2OS/c1-6-14-48-39(9-1)43-27-28-44-42-12-4-8-16-52(42)58-54(44)53(43)56(48)38-25-19-34(20-26-38)33-17-23-37(24-18-33)55-47-13-5-2-10-40(47)45-31-35(21-29-49(45)55)36-22-30-51-46(32-36)41-11-3-7-15-50(41)57-51/h1-32H. The Bertz CT molecular complexity index is 3780. The normalized spacial score (nSPS) is 12.1. The van der Waals surface area contributed by atoms with Crippen molar-refractivity contribution >= 4 is 97.1 Å². The van der Waals surface area contributed by atoms with Gasteiger partial charge < -0.3 is 13.6 Å². The molecule has 0 bridgehead atoms. The van der Waals surface area contributed by atoms with Gasteiger partial charge >= 0.3 is 0 Å². The van der Waals surface area contributed by atoms with E-state index < -0.39 is 0 Å². The van der Waals surface area contributed by atoms with Crippen LogP contribution in [0.1, 0.15) is 0 Å². The number of para-hydroxylation sites is 3. The molecule has 0 aliphatic carbocycles. The minimum atomic E-state index is 0.916. The van der Waals surface area contributed by atoms with Crippen molar-refractivity contribution in [2.45, 2.75) is 0 Å². The summed E-state index contributed by atoms with van der Waals surface area (Å²) in [6, 6.07) is 70.7. The van der Waals surface area contributed by atoms with Gasteiger partial charge in [-0.15, -0.1) is 11.3 Å². The average molecular weight is 757 g/mol. The average Bonchev–Trinajstić information content (AvgIpc) is 4.04. The van der Waals surface area contributed by atoms with Gasteiger partial charge in [0.1, 0.15) is 11.2 Å². The molecule has 58 heavy (non-hydrogen) atoms. The van der Waals surface area contributed by atoms with Crippen molar-refractivity contribution in [3.63, 3.8) is 0 Å². The second-order valence-corrected chi connectivity index (χ2v) is 16.3. The van der Waals surface area contributed by atoms with E-state index in [-0.39, 0.29) is 0 Å². The molecular weight excluding hydrogens is 725 g/mol. The van der Waals surface area contributed by atoms with E-state index in [1.165, 1.54) is 91.7 Å². The fourth-order valence-corrected chi connectivity index (χ4v) is 10.7. The van der Waals surface area contributed by atoms with E-state index in [4.69, 9.17) is 4.42 Å². The number of nitrogens with zero attached hydrogens (tertiary/aromatic N) is 2. The van der Waals surface area contributed by atoms with Crippen molar-refractivity contribution in [3.8, 4) is 33.6 Å². The van der Waals surface area contributed by atoms with Gasteiger partial charge in [0.15, 0.2) is 0 Å². The second-order valence-electron chi connectivity index (χ2n) is 15.3. The molecule has 0 saturated carbocycles. The van der Waals surface area contributed by atoms with E-state index in [1.54, 1.807) is 0 Å². The molecule has 3 nitrogen and oxygen atoms in total. The third kappa shape index (κ3) is 4.55. The van der Waals surface area contributed by atoms with Gasteiger partial charge in [0.25, 0.3) is 0 Å². The summed E-state index contributed by atoms with van der Waals surface area (Å²) in [6.07, 6.45) is 0. The summed E-state index contributed by atoms with van der Waals surface area (Å²) < 4.78 is 13.6. The molecule has 0 atom stereocenters. The first-order valence-electron chi connectivity index (χ1n) is 19.7. The highest BCUT2D eigenvalue weighted by atomic mass is 32.1. The van der Waals surface area contributed by atoms with Crippen LogP contribution in [0.15, 0.2) is 199 Å². The summed E-state index contributed by atoms with van der Waals surface area (Å²) in [5, 5.41) is 9.98. The lowest BCUT2D eigenvalue weighted by molar-refractivity contribution is 0.669. The monoisotopic (exact) mass is 756 g/mol. The van der Waals surface area contributed by atoms with Crippen LogP contribution in [-0.2, 0) is 0 Å². The molecule has 0 fully saturated rings. The van der Waals surface area contributed by atoms with Crippen molar-refractivity contribution in [1.82, 2.24) is 9.13 Å². The van der Waals surface area contributed by atoms with Crippen molar-refractivity contribution < 1.29 is 4.42 Å². The van der Waals surface area contributed by atoms with Crippen LogP contribution in [0, 0.1) is 0 Å². The van der Waals surface area contributed by atoms with Crippen LogP contribution < -0.4 is 0 Å². The Labute approximate surface area is 336 Å². The zero-order valence-corrected chi connectivity index (χ0v) is 32.0. The fourth-order valence-electron chi connectivity index (χ4n) is 9.44. The van der Waals surface area contributed by atoms with Gasteiger partial charge in [0.2, 0.25) is 0 Å². The molecule has 0 aliphatic rings. The van der Waals surface area contributed by atoms with Crippen molar-refractivity contribution in [1.29, 1.82) is 0 Å². The number of rotatable bonds is 4. The van der Waals surface area contributed by atoms with Crippen LogP contribution in [0.4, 0.5) is 0 Å². The lowest BCUT2D eigenvalue weighted by Gasteiger charge is -2.11. The van der Waals surface area contributed by atoms with Crippen molar-refractivity contribution in [2.75, 3.05) is 0 Å². The molecule has 270 valence electrons. The predicted octanol–water partition coefficient (Wildman–Crippen LogP) is 15.5. The third-order valence-electron chi connectivity index (χ3n) is 12.1. The Morgan fingerprint density at radius 1 is 0.328 bits per heavy atom. The number of thiophene rings is 1. The van der Waals surface area contributed by atoms with Crippen LogP contribution in [-0.4, -0.2) is 9.13 Å². The zero-order chi connectivity index (χ0) is 37.9. The molecule has 0 amide bonds. The maximum atomic E-state index is 6.13. The maximum absolute atomic E-state index is 6.13. The first kappa shape index (κ1) is 31.8. The number of benzene rings is 9. The molecule has 9 aromatic carbocycles. The molecule has 4 aromatic heterocycles. The van der Waals surface area contributed by atoms with Gasteiger partial charge in [-0.3, -0.25) is 0 Å². The Morgan fingerprint density at radius 3 is 1.60 bits per heavy atom. The number of hydrogen-bond acceptors (Lipinski definition) is 2. The number of fused-ring (bicyclic) bond motifs is 13. The number of aromatic nitrogens is 2. The van der Waals surface area contributed by atoms with E-state index in [9.17, 15) is 0 Å². The lowest BCUT2D eigenvalue weighted by atomic mass is 10.0. The first-order valence-corrected chi connectivity index (χ1v) is 20.6. The van der Waals surface area contributed by atoms with Gasteiger partial charge in [-0.2, -0.15) is 0 Å². The molecular formula is C54H32N2OS. The van der Waals surface area contributed by atoms with Gasteiger partial charge in [0, 0.05) is 59.2 Å². The smallest absolute Gasteiger partial charge is 0.135 e. The Hall–Kier alpha value is -7.40. The quantitative estimate of drug-likeness (QED) is 0.175. The highest BCUT2D eigenvalue weighted by Crippen LogP contribution is 2.43. The summed E-state index contributed by atoms with van der Waals surface area (Å²) in [6.45, 7) is 0. The van der Waals surface area contributed by atoms with Crippen molar-refractivity contribution in [3.05, 3.63) is 194 Å². The zero-order valence-electron chi connectivity index (χ0n) is 31.2. The summed E-state index contributed by atoms with van der Waals surface area (Å²) in [4.78, 5) is 0. The molecule has 0 saturated heterocycles. The molecule has 4 heteroatoms. The van der Waals surface area contributed by atoms with Crippen molar-refractivity contribution in [2.24, 2.45) is 0 Å². The molecule has 0 radical (unpaired) electrons. The van der Waals surface area contributed by atoms with Crippen LogP contribution >= 0.6 is 11.3 Å². The fraction of sp³-hybridized carbons (Fsp3) is 0. The van der Waals surface area contributed by atoms with Gasteiger partial charge in [-0.1, -0.05) is 121 Å². The highest BCUT2D eigenvalue weighted by molar-refractivity contribution is 7.26. The molecule has 13 rings (SSSR count). The summed E-state index contributed by atoms with van der Waals surface area (Å²) in [5.41, 5.74) is 13.8. The molecule has 13 aromatic rings. The summed E-state index contributed by atoms with van der Waals surface area (Å²) in [7, 11) is 0. The van der Waals surface area contributed by atoms with E-state index in [0.29, 0.717) is 0 Å². The van der Waals surface area contributed by atoms with E-state index in [1.807, 2.05) is 23.5 Å². The van der Waals surface area contributed by atoms with Gasteiger partial charge in [-0.25, -0.2) is 0 Å². The molecule has 0 aliphatic heterocycles. The lowest BCUT2D eigenvalue weighted by Crippen LogP contribution is -1.95. The van der Waals surface area contributed by atoms with E-state index >= 15 is 0 Å². The molecule has 0 unspecified atom stereocenters. The van der Waals surface area contributed by atoms with E-state index in [0.717, 1.165) is 27.6 Å². The topological polar surface area (TPSA) is 23.0 Å². The summed E-state index contributed by atoms with van der Waals surface area (Å²) >= 11 is 1.89. The summed E-state index contributed by atoms with van der Waals surface area (Å²) in [5.74, 6) is 0. The largest absolute Gasteiger partial charge is 0.456 e. The van der Waals surface area contributed by atoms with E-state index in [2.05, 4.69) is 191 Å². The van der Waals surface area contributed by atoms with Gasteiger partial charge in [-0.05, 0) is 95.1 Å². The highest BCUT2D eigenvalue weighted by Gasteiger charge is 2.18. The van der Waals surface area contributed by atoms with Crippen LogP contribution in [0.25, 0.3) is 119 Å². The minimum absolute atomic E-state index is 0.916. The van der Waals surface area contributed by atoms with Crippen LogP contribution in [0.3, 0.4) is 0 Å². The Kier molecular flexibility index (Phi) is 6.60. The minimum Gasteiger partial charge on any atom is -0.456 e. The first-order chi connectivity index (χ1) is 28.7. The van der Waals surface area contributed by atoms with Crippen LogP contribution in [0.2, 0.25) is 0 Å². The molecule has 0 spiro atoms. The van der Waals surface area contributed by atoms with Crippen LogP contribution in [0.5, 0.6) is 0 Å². The van der Waals surface area contributed by atoms with Gasteiger partial charge in [0.05, 0.1) is 26.8 Å². The molecule has 4 heterocycles. The maximum Gasteiger partial charge on any atom is 0.135 e. The SMILES string of the molecule is c1ccc2c(c1)oc1ccc(-c3ccc4c(c3)c3ccccc3n4-c3ccc(-c4ccc(-n5c6ccccc6c6ccc7c8ccccc8sc7c65)cc4)cc3)cc12. The number of hydrogen-bond donors (Lipinski definition) is 0. The molecule has 0 N–H and O–H groups in total. The predicted molar refractivity (Wildman–Crippen MR) is 246 cm³/mol. The third-order valence-corrected chi connectivity index (χ3v) is 13.3. The number of furan rings is 1. The Balaban J connectivity index is 0.883.